The van der Waals surface area contributed by atoms with Crippen LogP contribution in [0.15, 0.2) is 22.7 Å². The number of likely N-dealkylation sites (tertiary alicyclic amines) is 1. The van der Waals surface area contributed by atoms with E-state index in [1.54, 1.807) is 23.1 Å². The van der Waals surface area contributed by atoms with Crippen molar-refractivity contribution < 1.29 is 14.7 Å². The van der Waals surface area contributed by atoms with E-state index in [2.05, 4.69) is 15.9 Å². The van der Waals surface area contributed by atoms with Crippen LogP contribution in [0.4, 0.5) is 0 Å². The lowest BCUT2D eigenvalue weighted by atomic mass is 9.94. The van der Waals surface area contributed by atoms with Gasteiger partial charge in [-0.1, -0.05) is 17.7 Å². The Morgan fingerprint density at radius 1 is 1.45 bits per heavy atom. The van der Waals surface area contributed by atoms with Crippen LogP contribution in [0.3, 0.4) is 0 Å². The largest absolute Gasteiger partial charge is 0.481 e. The van der Waals surface area contributed by atoms with Crippen LogP contribution in [0.2, 0.25) is 5.02 Å². The van der Waals surface area contributed by atoms with E-state index in [0.29, 0.717) is 28.1 Å². The number of hydrogen-bond acceptors (Lipinski definition) is 2. The predicted molar refractivity (Wildman–Crippen MR) is 80.0 cm³/mol. The molecule has 0 saturated carbocycles. The molecular formula is C14H15BrClNO3. The van der Waals surface area contributed by atoms with Crippen molar-refractivity contribution in [2.24, 2.45) is 5.92 Å². The van der Waals surface area contributed by atoms with Crippen molar-refractivity contribution in [3.05, 3.63) is 33.3 Å². The molecule has 1 N–H and O–H groups in total. The van der Waals surface area contributed by atoms with E-state index in [4.69, 9.17) is 16.7 Å². The lowest BCUT2D eigenvalue weighted by Crippen LogP contribution is -2.40. The number of hydrogen-bond donors (Lipinski definition) is 1. The summed E-state index contributed by atoms with van der Waals surface area (Å²) in [5, 5.41) is 9.26. The number of halogens is 2. The number of nitrogens with zero attached hydrogens (tertiary/aromatic N) is 1. The van der Waals surface area contributed by atoms with Gasteiger partial charge in [-0.15, -0.1) is 0 Å². The number of benzene rings is 1. The van der Waals surface area contributed by atoms with Gasteiger partial charge in [-0.3, -0.25) is 9.59 Å². The molecule has 1 aliphatic rings. The number of amides is 1. The molecule has 1 aromatic rings. The van der Waals surface area contributed by atoms with E-state index in [1.807, 2.05) is 0 Å². The molecule has 0 aromatic heterocycles. The summed E-state index contributed by atoms with van der Waals surface area (Å²) >= 11 is 9.44. The van der Waals surface area contributed by atoms with E-state index in [-0.39, 0.29) is 18.2 Å². The number of carboxylic acids is 1. The van der Waals surface area contributed by atoms with Gasteiger partial charge in [0.2, 0.25) is 0 Å². The van der Waals surface area contributed by atoms with E-state index < -0.39 is 5.97 Å². The predicted octanol–water partition coefficient (Wildman–Crippen LogP) is 3.43. The van der Waals surface area contributed by atoms with Gasteiger partial charge in [0.25, 0.3) is 5.91 Å². The number of piperidine rings is 1. The minimum absolute atomic E-state index is 0.0242. The third-order valence-corrected chi connectivity index (χ3v) is 4.75. The van der Waals surface area contributed by atoms with E-state index in [1.165, 1.54) is 0 Å². The third kappa shape index (κ3) is 3.52. The van der Waals surface area contributed by atoms with Crippen molar-refractivity contribution in [3.63, 3.8) is 0 Å². The quantitative estimate of drug-likeness (QED) is 0.898. The zero-order valence-corrected chi connectivity index (χ0v) is 13.2. The summed E-state index contributed by atoms with van der Waals surface area (Å²) in [5.74, 6) is -0.924. The van der Waals surface area contributed by atoms with Gasteiger partial charge in [0.05, 0.1) is 10.6 Å². The monoisotopic (exact) mass is 359 g/mol. The van der Waals surface area contributed by atoms with Crippen LogP contribution in [0.25, 0.3) is 0 Å². The van der Waals surface area contributed by atoms with Gasteiger partial charge < -0.3 is 10.0 Å². The molecule has 108 valence electrons. The highest BCUT2D eigenvalue weighted by atomic mass is 79.9. The highest BCUT2D eigenvalue weighted by Gasteiger charge is 2.27. The van der Waals surface area contributed by atoms with Gasteiger partial charge in [0.15, 0.2) is 0 Å². The smallest absolute Gasteiger partial charge is 0.303 e. The fourth-order valence-electron chi connectivity index (χ4n) is 2.50. The van der Waals surface area contributed by atoms with E-state index in [0.717, 1.165) is 12.8 Å². The van der Waals surface area contributed by atoms with Crippen molar-refractivity contribution in [3.8, 4) is 0 Å². The first kappa shape index (κ1) is 15.3. The van der Waals surface area contributed by atoms with E-state index in [9.17, 15) is 9.59 Å². The van der Waals surface area contributed by atoms with Crippen LogP contribution in [0, 0.1) is 5.92 Å². The molecule has 20 heavy (non-hydrogen) atoms. The van der Waals surface area contributed by atoms with Crippen LogP contribution in [0.5, 0.6) is 0 Å². The van der Waals surface area contributed by atoms with Gasteiger partial charge in [0.1, 0.15) is 0 Å². The Morgan fingerprint density at radius 2 is 2.20 bits per heavy atom. The van der Waals surface area contributed by atoms with Crippen LogP contribution >= 0.6 is 27.5 Å². The first-order valence-electron chi connectivity index (χ1n) is 6.44. The molecule has 1 amide bonds. The normalized spacial score (nSPS) is 18.9. The van der Waals surface area contributed by atoms with E-state index >= 15 is 0 Å². The second-order valence-corrected chi connectivity index (χ2v) is 6.19. The average Bonchev–Trinajstić information content (AvgIpc) is 2.41. The third-order valence-electron chi connectivity index (χ3n) is 3.45. The molecule has 1 fully saturated rings. The molecule has 1 aliphatic heterocycles. The Hall–Kier alpha value is -1.07. The molecule has 0 radical (unpaired) electrons. The van der Waals surface area contributed by atoms with Gasteiger partial charge >= 0.3 is 5.97 Å². The summed E-state index contributed by atoms with van der Waals surface area (Å²) in [5.41, 5.74) is 0.456. The summed E-state index contributed by atoms with van der Waals surface area (Å²) in [7, 11) is 0. The molecule has 0 bridgehead atoms. The SMILES string of the molecule is O=C(O)CC1CCCN(C(=O)c2cccc(Br)c2Cl)C1. The summed E-state index contributed by atoms with van der Waals surface area (Å²) < 4.78 is 0.684. The van der Waals surface area contributed by atoms with Crippen LogP contribution in [-0.2, 0) is 4.79 Å². The Morgan fingerprint density at radius 3 is 2.90 bits per heavy atom. The molecule has 1 aromatic carbocycles. The zero-order valence-electron chi connectivity index (χ0n) is 10.8. The molecule has 6 heteroatoms. The Kier molecular flexibility index (Phi) is 5.05. The van der Waals surface area contributed by atoms with Crippen molar-refractivity contribution in [2.75, 3.05) is 13.1 Å². The van der Waals surface area contributed by atoms with Crippen LogP contribution in [-0.4, -0.2) is 35.0 Å². The fourth-order valence-corrected chi connectivity index (χ4v) is 3.08. The fraction of sp³-hybridized carbons (Fsp3) is 0.429. The Bertz CT molecular complexity index is 535. The summed E-state index contributed by atoms with van der Waals surface area (Å²) in [6.45, 7) is 1.13. The second-order valence-electron chi connectivity index (χ2n) is 4.96. The van der Waals surface area contributed by atoms with Crippen LogP contribution < -0.4 is 0 Å². The van der Waals surface area contributed by atoms with Gasteiger partial charge in [-0.2, -0.15) is 0 Å². The Balaban J connectivity index is 2.12. The topological polar surface area (TPSA) is 57.6 Å². The van der Waals surface area contributed by atoms with Crippen molar-refractivity contribution >= 4 is 39.4 Å². The number of aliphatic carboxylic acids is 1. The maximum atomic E-state index is 12.5. The van der Waals surface area contributed by atoms with Gasteiger partial charge in [-0.25, -0.2) is 0 Å². The maximum absolute atomic E-state index is 12.5. The maximum Gasteiger partial charge on any atom is 0.303 e. The van der Waals surface area contributed by atoms with Gasteiger partial charge in [0, 0.05) is 24.0 Å². The number of carboxylic acid groups (broad SMARTS) is 1. The molecule has 0 spiro atoms. The molecule has 1 saturated heterocycles. The second kappa shape index (κ2) is 6.59. The molecular weight excluding hydrogens is 346 g/mol. The molecule has 1 unspecified atom stereocenters. The minimum Gasteiger partial charge on any atom is -0.481 e. The average molecular weight is 361 g/mol. The molecule has 0 aliphatic carbocycles. The molecule has 2 rings (SSSR count). The lowest BCUT2D eigenvalue weighted by molar-refractivity contribution is -0.138. The van der Waals surface area contributed by atoms with Crippen LogP contribution in [0.1, 0.15) is 29.6 Å². The van der Waals surface area contributed by atoms with Crippen molar-refractivity contribution in [1.82, 2.24) is 4.90 Å². The molecule has 1 atom stereocenters. The summed E-state index contributed by atoms with van der Waals surface area (Å²) in [4.78, 5) is 25.0. The first-order valence-corrected chi connectivity index (χ1v) is 7.61. The van der Waals surface area contributed by atoms with Crippen molar-refractivity contribution in [2.45, 2.75) is 19.3 Å². The first-order chi connectivity index (χ1) is 9.49. The van der Waals surface area contributed by atoms with Crippen molar-refractivity contribution in [1.29, 1.82) is 0 Å². The summed E-state index contributed by atoms with van der Waals surface area (Å²) in [6.07, 6.45) is 1.79. The zero-order chi connectivity index (χ0) is 14.7. The standard InChI is InChI=1S/C14H15BrClNO3/c15-11-5-1-4-10(13(11)16)14(20)17-6-2-3-9(8-17)7-12(18)19/h1,4-5,9H,2-3,6-8H2,(H,18,19). The summed E-state index contributed by atoms with van der Waals surface area (Å²) in [6, 6.07) is 5.24. The molecule has 1 heterocycles. The number of carbonyl (C=O) groups is 2. The number of carbonyl (C=O) groups excluding carboxylic acids is 1. The lowest BCUT2D eigenvalue weighted by Gasteiger charge is -2.32. The molecule has 4 nitrogen and oxygen atoms in total. The highest BCUT2D eigenvalue weighted by molar-refractivity contribution is 9.10. The highest BCUT2D eigenvalue weighted by Crippen LogP contribution is 2.28. The Labute approximate surface area is 130 Å². The van der Waals surface area contributed by atoms with Gasteiger partial charge in [-0.05, 0) is 46.8 Å². The minimum atomic E-state index is -0.815. The number of rotatable bonds is 3.